The molecule has 3 rings (SSSR count). The molecule has 0 spiro atoms. The number of amides is 1. The Morgan fingerprint density at radius 1 is 1.11 bits per heavy atom. The number of carbonyl (C=O) groups excluding carboxylic acids is 1. The van der Waals surface area contributed by atoms with Gasteiger partial charge in [-0.25, -0.2) is 8.42 Å². The summed E-state index contributed by atoms with van der Waals surface area (Å²) >= 11 is 0. The van der Waals surface area contributed by atoms with Crippen LogP contribution < -0.4 is 10.6 Å². The summed E-state index contributed by atoms with van der Waals surface area (Å²) in [6.07, 6.45) is 8.11. The first-order chi connectivity index (χ1) is 12.5. The second-order valence-corrected chi connectivity index (χ2v) is 9.33. The number of benzene rings is 1. The van der Waals surface area contributed by atoms with Gasteiger partial charge in [0.05, 0.1) is 10.9 Å². The zero-order valence-corrected chi connectivity index (χ0v) is 17.4. The van der Waals surface area contributed by atoms with Gasteiger partial charge in [-0.15, -0.1) is 12.4 Å². The highest BCUT2D eigenvalue weighted by Gasteiger charge is 2.29. The fourth-order valence-corrected chi connectivity index (χ4v) is 5.31. The Bertz CT molecular complexity index is 729. The van der Waals surface area contributed by atoms with Crippen LogP contribution in [0.2, 0.25) is 0 Å². The molecule has 1 aromatic carbocycles. The lowest BCUT2D eigenvalue weighted by Gasteiger charge is -2.30. The zero-order valence-electron chi connectivity index (χ0n) is 15.8. The number of nitrogens with zero attached hydrogens (tertiary/aromatic N) is 1. The average Bonchev–Trinajstić information content (AvgIpc) is 2.69. The Balaban J connectivity index is 0.00000261. The first-order valence-corrected chi connectivity index (χ1v) is 11.0. The van der Waals surface area contributed by atoms with Gasteiger partial charge in [0.15, 0.2) is 0 Å². The van der Waals surface area contributed by atoms with Gasteiger partial charge < -0.3 is 10.6 Å². The van der Waals surface area contributed by atoms with Crippen LogP contribution in [0.5, 0.6) is 0 Å². The molecule has 1 unspecified atom stereocenters. The molecule has 1 aliphatic heterocycles. The minimum Gasteiger partial charge on any atom is -0.325 e. The average molecular weight is 416 g/mol. The number of nitrogens with one attached hydrogen (secondary N) is 2. The molecule has 0 radical (unpaired) electrons. The molecule has 1 aromatic rings. The van der Waals surface area contributed by atoms with Gasteiger partial charge in [0, 0.05) is 18.8 Å². The molecule has 0 bridgehead atoms. The van der Waals surface area contributed by atoms with Crippen LogP contribution in [0.4, 0.5) is 5.69 Å². The molecular formula is C19H30ClN3O3S. The summed E-state index contributed by atoms with van der Waals surface area (Å²) in [6.45, 7) is 0.846. The third-order valence-corrected chi connectivity index (χ3v) is 7.40. The number of piperidine rings is 1. The van der Waals surface area contributed by atoms with E-state index in [-0.39, 0.29) is 35.3 Å². The lowest BCUT2D eigenvalue weighted by molar-refractivity contribution is -0.118. The first-order valence-electron chi connectivity index (χ1n) is 9.61. The van der Waals surface area contributed by atoms with E-state index in [0.29, 0.717) is 5.69 Å². The van der Waals surface area contributed by atoms with Crippen molar-refractivity contribution in [1.82, 2.24) is 9.62 Å². The third kappa shape index (κ3) is 5.44. The van der Waals surface area contributed by atoms with E-state index in [4.69, 9.17) is 0 Å². The van der Waals surface area contributed by atoms with Crippen molar-refractivity contribution in [2.45, 2.75) is 68.3 Å². The van der Waals surface area contributed by atoms with Crippen molar-refractivity contribution in [3.8, 4) is 0 Å². The SMILES string of the molecule is CN(C1CCCCC1)S(=O)(=O)c1cccc(NC(=O)C2CCCCN2)c1.Cl. The van der Waals surface area contributed by atoms with Crippen LogP contribution in [0.3, 0.4) is 0 Å². The lowest BCUT2D eigenvalue weighted by atomic mass is 9.96. The number of halogens is 1. The second kappa shape index (κ2) is 9.87. The third-order valence-electron chi connectivity index (χ3n) is 5.49. The largest absolute Gasteiger partial charge is 0.325 e. The number of hydrogen-bond donors (Lipinski definition) is 2. The van der Waals surface area contributed by atoms with E-state index in [9.17, 15) is 13.2 Å². The first kappa shape index (κ1) is 22.1. The molecular weight excluding hydrogens is 386 g/mol. The molecule has 0 aromatic heterocycles. The molecule has 2 N–H and O–H groups in total. The number of carbonyl (C=O) groups is 1. The van der Waals surface area contributed by atoms with Gasteiger partial charge in [0.25, 0.3) is 0 Å². The molecule has 1 saturated carbocycles. The number of anilines is 1. The van der Waals surface area contributed by atoms with Gasteiger partial charge in [0.1, 0.15) is 0 Å². The standard InChI is InChI=1S/C19H29N3O3S.ClH/c1-22(16-9-3-2-4-10-16)26(24,25)17-11-7-8-15(14-17)21-19(23)18-12-5-6-13-20-18;/h7-8,11,14,16,18,20H,2-6,9-10,12-13H2,1H3,(H,21,23);1H. The monoisotopic (exact) mass is 415 g/mol. The van der Waals surface area contributed by atoms with Crippen LogP contribution in [0, 0.1) is 0 Å². The Kier molecular flexibility index (Phi) is 8.09. The van der Waals surface area contributed by atoms with E-state index in [2.05, 4.69) is 10.6 Å². The Hall–Kier alpha value is -1.15. The molecule has 2 fully saturated rings. The van der Waals surface area contributed by atoms with E-state index in [1.54, 1.807) is 31.3 Å². The summed E-state index contributed by atoms with van der Waals surface area (Å²) in [7, 11) is -1.89. The minimum absolute atomic E-state index is 0. The molecule has 1 aliphatic carbocycles. The Morgan fingerprint density at radius 3 is 2.48 bits per heavy atom. The molecule has 8 heteroatoms. The summed E-state index contributed by atoms with van der Waals surface area (Å²) in [5, 5.41) is 6.06. The summed E-state index contributed by atoms with van der Waals surface area (Å²) in [6, 6.07) is 6.46. The quantitative estimate of drug-likeness (QED) is 0.774. The van der Waals surface area contributed by atoms with E-state index in [0.717, 1.165) is 51.5 Å². The highest BCUT2D eigenvalue weighted by atomic mass is 35.5. The van der Waals surface area contributed by atoms with Crippen molar-refractivity contribution < 1.29 is 13.2 Å². The van der Waals surface area contributed by atoms with Gasteiger partial charge in [-0.1, -0.05) is 31.7 Å². The van der Waals surface area contributed by atoms with Crippen LogP contribution in [-0.4, -0.2) is 44.3 Å². The zero-order chi connectivity index (χ0) is 18.6. The molecule has 1 saturated heterocycles. The van der Waals surface area contributed by atoms with Crippen molar-refractivity contribution in [2.75, 3.05) is 18.9 Å². The van der Waals surface area contributed by atoms with Crippen molar-refractivity contribution in [1.29, 1.82) is 0 Å². The Morgan fingerprint density at radius 2 is 1.81 bits per heavy atom. The van der Waals surface area contributed by atoms with E-state index >= 15 is 0 Å². The van der Waals surface area contributed by atoms with Gasteiger partial charge in [-0.2, -0.15) is 4.31 Å². The predicted molar refractivity (Wildman–Crippen MR) is 110 cm³/mol. The molecule has 2 aliphatic rings. The van der Waals surface area contributed by atoms with Crippen molar-refractivity contribution in [2.24, 2.45) is 0 Å². The van der Waals surface area contributed by atoms with Crippen molar-refractivity contribution >= 4 is 34.0 Å². The predicted octanol–water partition coefficient (Wildman–Crippen LogP) is 3.14. The maximum absolute atomic E-state index is 13.0. The van der Waals surface area contributed by atoms with Crippen molar-refractivity contribution in [3.05, 3.63) is 24.3 Å². The normalized spacial score (nSPS) is 21.5. The fourth-order valence-electron chi connectivity index (χ4n) is 3.85. The van der Waals surface area contributed by atoms with Crippen LogP contribution >= 0.6 is 12.4 Å². The summed E-state index contributed by atoms with van der Waals surface area (Å²) in [5.41, 5.74) is 0.528. The van der Waals surface area contributed by atoms with Crippen molar-refractivity contribution in [3.63, 3.8) is 0 Å². The maximum atomic E-state index is 13.0. The highest BCUT2D eigenvalue weighted by molar-refractivity contribution is 7.89. The summed E-state index contributed by atoms with van der Waals surface area (Å²) in [5.74, 6) is -0.0973. The van der Waals surface area contributed by atoms with E-state index in [1.165, 1.54) is 10.7 Å². The molecule has 1 amide bonds. The number of sulfonamides is 1. The summed E-state index contributed by atoms with van der Waals surface area (Å²) < 4.78 is 27.5. The number of hydrogen-bond acceptors (Lipinski definition) is 4. The smallest absolute Gasteiger partial charge is 0.243 e. The van der Waals surface area contributed by atoms with Gasteiger partial charge in [-0.05, 0) is 50.4 Å². The maximum Gasteiger partial charge on any atom is 0.243 e. The Labute approximate surface area is 168 Å². The fraction of sp³-hybridized carbons (Fsp3) is 0.632. The van der Waals surface area contributed by atoms with E-state index < -0.39 is 10.0 Å². The van der Waals surface area contributed by atoms with Crippen LogP contribution in [0.15, 0.2) is 29.2 Å². The van der Waals surface area contributed by atoms with Crippen LogP contribution in [-0.2, 0) is 14.8 Å². The molecule has 152 valence electrons. The van der Waals surface area contributed by atoms with Crippen LogP contribution in [0.25, 0.3) is 0 Å². The molecule has 27 heavy (non-hydrogen) atoms. The lowest BCUT2D eigenvalue weighted by Crippen LogP contribution is -2.43. The van der Waals surface area contributed by atoms with Gasteiger partial charge in [0.2, 0.25) is 15.9 Å². The number of rotatable bonds is 5. The topological polar surface area (TPSA) is 78.5 Å². The molecule has 1 atom stereocenters. The van der Waals surface area contributed by atoms with Crippen LogP contribution in [0.1, 0.15) is 51.4 Å². The minimum atomic E-state index is -3.56. The van der Waals surface area contributed by atoms with Gasteiger partial charge >= 0.3 is 0 Å². The molecule has 6 nitrogen and oxygen atoms in total. The summed E-state index contributed by atoms with van der Waals surface area (Å²) in [4.78, 5) is 12.6. The van der Waals surface area contributed by atoms with E-state index in [1.807, 2.05) is 0 Å². The second-order valence-electron chi connectivity index (χ2n) is 7.33. The highest BCUT2D eigenvalue weighted by Crippen LogP contribution is 2.27. The van der Waals surface area contributed by atoms with Gasteiger partial charge in [-0.3, -0.25) is 4.79 Å². The molecule has 1 heterocycles.